The van der Waals surface area contributed by atoms with Crippen LogP contribution in [-0.4, -0.2) is 52.4 Å². The molecule has 0 saturated carbocycles. The number of aromatic nitrogens is 3. The second-order valence-electron chi connectivity index (χ2n) is 6.67. The molecule has 2 aromatic rings. The average Bonchev–Trinajstić information content (AvgIpc) is 3.25. The molecule has 0 spiro atoms. The molecule has 1 fully saturated rings. The van der Waals surface area contributed by atoms with Gasteiger partial charge in [-0.2, -0.15) is 0 Å². The molecule has 1 amide bonds. The van der Waals surface area contributed by atoms with Crippen molar-refractivity contribution in [2.45, 2.75) is 25.7 Å². The lowest BCUT2D eigenvalue weighted by Crippen LogP contribution is -2.30. The number of carbonyl (C=O) groups excluding carboxylic acids is 1. The molecule has 1 saturated heterocycles. The van der Waals surface area contributed by atoms with Crippen LogP contribution in [0.2, 0.25) is 0 Å². The van der Waals surface area contributed by atoms with Crippen LogP contribution in [0.25, 0.3) is 0 Å². The average molecular weight is 332 g/mol. The minimum Gasteiger partial charge on any atom is -0.425 e. The highest BCUT2D eigenvalue weighted by molar-refractivity contribution is 5.93. The normalized spacial score (nSPS) is 21.0. The molecule has 0 aliphatic carbocycles. The Labute approximate surface area is 141 Å². The number of likely N-dealkylation sites (tertiary alicyclic amines) is 1. The summed E-state index contributed by atoms with van der Waals surface area (Å²) in [5.41, 5.74) is 0.681. The number of rotatable bonds is 5. The summed E-state index contributed by atoms with van der Waals surface area (Å²) in [6.07, 6.45) is 1.88. The van der Waals surface area contributed by atoms with E-state index in [0.29, 0.717) is 37.2 Å². The van der Waals surface area contributed by atoms with E-state index >= 15 is 0 Å². The van der Waals surface area contributed by atoms with Crippen LogP contribution in [0.1, 0.15) is 48.0 Å². The lowest BCUT2D eigenvalue weighted by molar-refractivity contribution is 0.0766. The van der Waals surface area contributed by atoms with Gasteiger partial charge in [0, 0.05) is 45.3 Å². The molecule has 2 aromatic heterocycles. The van der Waals surface area contributed by atoms with Crippen LogP contribution in [0.15, 0.2) is 22.7 Å². The Morgan fingerprint density at radius 3 is 2.79 bits per heavy atom. The maximum atomic E-state index is 12.8. The number of ether oxygens (including phenoxy) is 1. The molecule has 3 heterocycles. The summed E-state index contributed by atoms with van der Waals surface area (Å²) < 4.78 is 13.0. The zero-order chi connectivity index (χ0) is 17.3. The fourth-order valence-corrected chi connectivity index (χ4v) is 3.17. The first-order valence-corrected chi connectivity index (χ1v) is 8.24. The van der Waals surface area contributed by atoms with Gasteiger partial charge < -0.3 is 18.6 Å². The summed E-state index contributed by atoms with van der Waals surface area (Å²) >= 11 is 0. The Hall–Kier alpha value is -2.15. The van der Waals surface area contributed by atoms with E-state index in [-0.39, 0.29) is 23.7 Å². The van der Waals surface area contributed by atoms with Gasteiger partial charge in [0.25, 0.3) is 5.91 Å². The van der Waals surface area contributed by atoms with Crippen molar-refractivity contribution in [3.05, 3.63) is 35.8 Å². The van der Waals surface area contributed by atoms with E-state index in [1.54, 1.807) is 7.11 Å². The Bertz CT molecular complexity index is 706. The van der Waals surface area contributed by atoms with Gasteiger partial charge >= 0.3 is 0 Å². The molecular formula is C17H24N4O3. The molecule has 130 valence electrons. The highest BCUT2D eigenvalue weighted by Gasteiger charge is 2.40. The molecule has 24 heavy (non-hydrogen) atoms. The van der Waals surface area contributed by atoms with E-state index in [0.717, 1.165) is 0 Å². The fourth-order valence-electron chi connectivity index (χ4n) is 3.17. The zero-order valence-electron chi connectivity index (χ0n) is 14.6. The Balaban J connectivity index is 1.81. The van der Waals surface area contributed by atoms with E-state index in [1.807, 2.05) is 48.7 Å². The molecule has 2 atom stereocenters. The largest absolute Gasteiger partial charge is 0.425 e. The van der Waals surface area contributed by atoms with Crippen molar-refractivity contribution in [1.82, 2.24) is 19.7 Å². The Kier molecular flexibility index (Phi) is 4.71. The molecule has 0 bridgehead atoms. The summed E-state index contributed by atoms with van der Waals surface area (Å²) in [6.45, 7) is 5.79. The standard InChI is InChI=1S/C17H24N4O3/c1-11(2)15-18-19-16(24-15)13-9-21(8-12(13)10-23-4)17(22)14-6-5-7-20(14)3/h5-7,11-13H,8-10H2,1-4H3/t12-,13+/m0/s1. The number of carbonyl (C=O) groups is 1. The molecule has 0 N–H and O–H groups in total. The highest BCUT2D eigenvalue weighted by Crippen LogP contribution is 2.33. The van der Waals surface area contributed by atoms with Crippen LogP contribution >= 0.6 is 0 Å². The molecule has 1 aliphatic rings. The summed E-state index contributed by atoms with van der Waals surface area (Å²) in [5.74, 6) is 1.61. The number of methoxy groups -OCH3 is 1. The van der Waals surface area contributed by atoms with Crippen LogP contribution in [0.4, 0.5) is 0 Å². The first-order chi connectivity index (χ1) is 11.5. The van der Waals surface area contributed by atoms with E-state index < -0.39 is 0 Å². The van der Waals surface area contributed by atoms with Gasteiger partial charge in [0.15, 0.2) is 0 Å². The molecule has 1 aliphatic heterocycles. The summed E-state index contributed by atoms with van der Waals surface area (Å²) in [6, 6.07) is 3.71. The van der Waals surface area contributed by atoms with Crippen molar-refractivity contribution in [3.63, 3.8) is 0 Å². The van der Waals surface area contributed by atoms with Crippen LogP contribution < -0.4 is 0 Å². The molecule has 7 heteroatoms. The lowest BCUT2D eigenvalue weighted by atomic mass is 9.97. The summed E-state index contributed by atoms with van der Waals surface area (Å²) in [4.78, 5) is 14.6. The number of amides is 1. The van der Waals surface area contributed by atoms with Crippen LogP contribution in [0.5, 0.6) is 0 Å². The van der Waals surface area contributed by atoms with Crippen molar-refractivity contribution in [2.75, 3.05) is 26.8 Å². The Morgan fingerprint density at radius 1 is 1.42 bits per heavy atom. The van der Waals surface area contributed by atoms with Gasteiger partial charge in [-0.3, -0.25) is 4.79 Å². The molecular weight excluding hydrogens is 308 g/mol. The predicted octanol–water partition coefficient (Wildman–Crippen LogP) is 2.03. The number of nitrogens with zero attached hydrogens (tertiary/aromatic N) is 4. The quantitative estimate of drug-likeness (QED) is 0.838. The molecule has 0 aromatic carbocycles. The molecule has 3 rings (SSSR count). The third-order valence-electron chi connectivity index (χ3n) is 4.54. The minimum absolute atomic E-state index is 0.00849. The molecule has 7 nitrogen and oxygen atoms in total. The highest BCUT2D eigenvalue weighted by atomic mass is 16.5. The van der Waals surface area contributed by atoms with Crippen LogP contribution in [0.3, 0.4) is 0 Å². The lowest BCUT2D eigenvalue weighted by Gasteiger charge is -2.16. The van der Waals surface area contributed by atoms with Gasteiger partial charge in [-0.1, -0.05) is 13.8 Å². The van der Waals surface area contributed by atoms with Crippen molar-refractivity contribution < 1.29 is 13.9 Å². The fraction of sp³-hybridized carbons (Fsp3) is 0.588. The van der Waals surface area contributed by atoms with E-state index in [4.69, 9.17) is 9.15 Å². The maximum Gasteiger partial charge on any atom is 0.270 e. The number of hydrogen-bond acceptors (Lipinski definition) is 5. The Morgan fingerprint density at radius 2 is 2.21 bits per heavy atom. The van der Waals surface area contributed by atoms with Gasteiger partial charge in [-0.05, 0) is 12.1 Å². The number of aryl methyl sites for hydroxylation is 1. The van der Waals surface area contributed by atoms with E-state index in [9.17, 15) is 4.79 Å². The van der Waals surface area contributed by atoms with Gasteiger partial charge in [-0.25, -0.2) is 0 Å². The van der Waals surface area contributed by atoms with Gasteiger partial charge in [0.2, 0.25) is 11.8 Å². The SMILES string of the molecule is COC[C@@H]1CN(C(=O)c2cccn2C)C[C@H]1c1nnc(C(C)C)o1. The summed E-state index contributed by atoms with van der Waals surface area (Å²) in [7, 11) is 3.55. The molecule has 0 radical (unpaired) electrons. The first kappa shape index (κ1) is 16.7. The second-order valence-corrected chi connectivity index (χ2v) is 6.67. The van der Waals surface area contributed by atoms with E-state index in [2.05, 4.69) is 10.2 Å². The molecule has 0 unspecified atom stereocenters. The second kappa shape index (κ2) is 6.76. The van der Waals surface area contributed by atoms with Gasteiger partial charge in [-0.15, -0.1) is 10.2 Å². The maximum absolute atomic E-state index is 12.8. The monoisotopic (exact) mass is 332 g/mol. The topological polar surface area (TPSA) is 73.4 Å². The predicted molar refractivity (Wildman–Crippen MR) is 87.8 cm³/mol. The van der Waals surface area contributed by atoms with Gasteiger partial charge in [0.05, 0.1) is 12.5 Å². The van der Waals surface area contributed by atoms with Crippen LogP contribution in [0, 0.1) is 5.92 Å². The summed E-state index contributed by atoms with van der Waals surface area (Å²) in [5, 5.41) is 8.33. The van der Waals surface area contributed by atoms with Crippen LogP contribution in [-0.2, 0) is 11.8 Å². The zero-order valence-corrected chi connectivity index (χ0v) is 14.6. The third-order valence-corrected chi connectivity index (χ3v) is 4.54. The van der Waals surface area contributed by atoms with Crippen molar-refractivity contribution >= 4 is 5.91 Å². The minimum atomic E-state index is 0.00849. The van der Waals surface area contributed by atoms with Crippen molar-refractivity contribution in [1.29, 1.82) is 0 Å². The number of hydrogen-bond donors (Lipinski definition) is 0. The van der Waals surface area contributed by atoms with Crippen molar-refractivity contribution in [3.8, 4) is 0 Å². The van der Waals surface area contributed by atoms with Gasteiger partial charge in [0.1, 0.15) is 5.69 Å². The first-order valence-electron chi connectivity index (χ1n) is 8.24. The van der Waals surface area contributed by atoms with Crippen molar-refractivity contribution in [2.24, 2.45) is 13.0 Å². The van der Waals surface area contributed by atoms with E-state index in [1.165, 1.54) is 0 Å². The third kappa shape index (κ3) is 3.08. The smallest absolute Gasteiger partial charge is 0.270 e.